The molecule has 5 heteroatoms. The van der Waals surface area contributed by atoms with Gasteiger partial charge in [-0.2, -0.15) is 0 Å². The van der Waals surface area contributed by atoms with Gasteiger partial charge in [0.05, 0.1) is 0 Å². The molecule has 0 aliphatic carbocycles. The maximum absolute atomic E-state index is 11.1. The van der Waals surface area contributed by atoms with Crippen molar-refractivity contribution in [3.05, 3.63) is 0 Å². The summed E-state index contributed by atoms with van der Waals surface area (Å²) in [6.07, 6.45) is 0.424. The summed E-state index contributed by atoms with van der Waals surface area (Å²) in [7, 11) is 0. The molecule has 0 amide bonds. The van der Waals surface area contributed by atoms with Crippen molar-refractivity contribution in [3.63, 3.8) is 0 Å². The second kappa shape index (κ2) is 4.16. The predicted molar refractivity (Wildman–Crippen MR) is 40.0 cm³/mol. The molecule has 0 bridgehead atoms. The molecule has 0 N–H and O–H groups in total. The molecule has 73 valence electrons. The molecule has 13 heavy (non-hydrogen) atoms. The molecule has 0 aromatic rings. The predicted octanol–water partition coefficient (Wildman–Crippen LogP) is 0.846. The van der Waals surface area contributed by atoms with E-state index in [1.807, 2.05) is 0 Å². The minimum atomic E-state index is -1.10. The second-order valence-corrected chi connectivity index (χ2v) is 3.20. The molecule has 0 saturated carbocycles. The molecule has 1 rings (SSSR count). The van der Waals surface area contributed by atoms with Crippen molar-refractivity contribution in [3.8, 4) is 0 Å². The maximum Gasteiger partial charge on any atom is 0.323 e. The molecule has 1 fully saturated rings. The topological polar surface area (TPSA) is 52.6 Å². The van der Waals surface area contributed by atoms with Crippen LogP contribution in [-0.2, 0) is 37.6 Å². The molecule has 1 heterocycles. The van der Waals surface area contributed by atoms with Crippen molar-refractivity contribution in [2.75, 3.05) is 0 Å². The molecular weight excluding hydrogens is 211 g/mol. The van der Waals surface area contributed by atoms with E-state index < -0.39 is 23.6 Å². The summed E-state index contributed by atoms with van der Waals surface area (Å²) in [5.74, 6) is -2.81. The molecular formula is C8H12O4V. The third kappa shape index (κ3) is 2.74. The number of ether oxygens (including phenoxy) is 2. The van der Waals surface area contributed by atoms with Crippen LogP contribution in [0.25, 0.3) is 0 Å². The molecule has 1 saturated heterocycles. The van der Waals surface area contributed by atoms with Gasteiger partial charge in [-0.1, -0.05) is 6.92 Å². The number of hydrogen-bond donors (Lipinski definition) is 0. The quantitative estimate of drug-likeness (QED) is 0.488. The molecule has 0 unspecified atom stereocenters. The van der Waals surface area contributed by atoms with E-state index in [0.717, 1.165) is 0 Å². The molecule has 1 aliphatic heterocycles. The zero-order valence-electron chi connectivity index (χ0n) is 7.86. The zero-order chi connectivity index (χ0) is 9.35. The zero-order valence-corrected chi connectivity index (χ0v) is 9.26. The van der Waals surface area contributed by atoms with Gasteiger partial charge in [0.15, 0.2) is 5.92 Å². The van der Waals surface area contributed by atoms with Gasteiger partial charge in [0.2, 0.25) is 0 Å². The normalized spacial score (nSPS) is 21.5. The smallest absolute Gasteiger partial charge is 0.323 e. The Morgan fingerprint density at radius 1 is 1.23 bits per heavy atom. The number of rotatable bonds is 1. The van der Waals surface area contributed by atoms with Gasteiger partial charge in [-0.15, -0.1) is 0 Å². The number of cyclic esters (lactones) is 2. The molecule has 4 nitrogen and oxygen atoms in total. The number of carbonyl (C=O) groups is 2. The maximum atomic E-state index is 11.1. The Morgan fingerprint density at radius 3 is 1.92 bits per heavy atom. The van der Waals surface area contributed by atoms with Gasteiger partial charge in [-0.25, -0.2) is 0 Å². The third-order valence-electron chi connectivity index (χ3n) is 1.67. The van der Waals surface area contributed by atoms with E-state index in [-0.39, 0.29) is 18.6 Å². The summed E-state index contributed by atoms with van der Waals surface area (Å²) >= 11 is 0. The minimum absolute atomic E-state index is 0. The van der Waals surface area contributed by atoms with Crippen LogP contribution >= 0.6 is 0 Å². The van der Waals surface area contributed by atoms with Crippen molar-refractivity contribution in [2.45, 2.75) is 33.0 Å². The molecule has 0 spiro atoms. The summed E-state index contributed by atoms with van der Waals surface area (Å²) in [5.41, 5.74) is 0. The van der Waals surface area contributed by atoms with E-state index in [4.69, 9.17) is 9.47 Å². The third-order valence-corrected chi connectivity index (χ3v) is 1.67. The van der Waals surface area contributed by atoms with E-state index in [1.165, 1.54) is 13.8 Å². The van der Waals surface area contributed by atoms with Gasteiger partial charge in [-0.05, 0) is 6.42 Å². The largest absolute Gasteiger partial charge is 0.422 e. The summed E-state index contributed by atoms with van der Waals surface area (Å²) in [6.45, 7) is 4.81. The van der Waals surface area contributed by atoms with E-state index in [0.29, 0.717) is 6.42 Å². The Bertz CT molecular complexity index is 204. The minimum Gasteiger partial charge on any atom is -0.422 e. The Hall–Kier alpha value is -0.476. The fraction of sp³-hybridized carbons (Fsp3) is 0.750. The van der Waals surface area contributed by atoms with Crippen LogP contribution in [0.4, 0.5) is 0 Å². The number of esters is 2. The van der Waals surface area contributed by atoms with E-state index in [2.05, 4.69) is 0 Å². The monoisotopic (exact) mass is 223 g/mol. The van der Waals surface area contributed by atoms with E-state index in [9.17, 15) is 9.59 Å². The van der Waals surface area contributed by atoms with Gasteiger partial charge in [0.25, 0.3) is 5.79 Å². The van der Waals surface area contributed by atoms with Gasteiger partial charge < -0.3 is 9.47 Å². The average molecular weight is 223 g/mol. The van der Waals surface area contributed by atoms with Crippen molar-refractivity contribution >= 4 is 11.9 Å². The van der Waals surface area contributed by atoms with Crippen molar-refractivity contribution in [1.82, 2.24) is 0 Å². The first-order valence-corrected chi connectivity index (χ1v) is 3.92. The fourth-order valence-electron chi connectivity index (χ4n) is 1.08. The Balaban J connectivity index is 0.00000144. The second-order valence-electron chi connectivity index (χ2n) is 3.20. The molecule has 1 aliphatic rings. The van der Waals surface area contributed by atoms with Crippen LogP contribution in [0.2, 0.25) is 0 Å². The fourth-order valence-corrected chi connectivity index (χ4v) is 1.08. The van der Waals surface area contributed by atoms with Crippen LogP contribution in [0.3, 0.4) is 0 Å². The van der Waals surface area contributed by atoms with Crippen LogP contribution in [-0.4, -0.2) is 17.7 Å². The van der Waals surface area contributed by atoms with E-state index >= 15 is 0 Å². The summed E-state index contributed by atoms with van der Waals surface area (Å²) in [5, 5.41) is 0. The van der Waals surface area contributed by atoms with Crippen molar-refractivity contribution in [2.24, 2.45) is 5.92 Å². The molecule has 0 aromatic heterocycles. The van der Waals surface area contributed by atoms with Crippen molar-refractivity contribution in [1.29, 1.82) is 0 Å². The summed E-state index contributed by atoms with van der Waals surface area (Å²) in [6, 6.07) is 0. The Kier molecular flexibility index (Phi) is 4.00. The van der Waals surface area contributed by atoms with E-state index in [1.54, 1.807) is 6.92 Å². The standard InChI is InChI=1S/C8H12O4.V/c1-4-5-6(9)11-8(2,3)12-7(5)10;/h5H,4H2,1-3H3;. The van der Waals surface area contributed by atoms with Gasteiger partial charge in [0, 0.05) is 32.4 Å². The molecule has 1 radical (unpaired) electrons. The van der Waals surface area contributed by atoms with Gasteiger partial charge in [-0.3, -0.25) is 9.59 Å². The first kappa shape index (κ1) is 12.5. The van der Waals surface area contributed by atoms with Crippen LogP contribution in [0.15, 0.2) is 0 Å². The Labute approximate surface area is 88.8 Å². The molecule has 0 aromatic carbocycles. The SMILES string of the molecule is CCC1C(=O)OC(C)(C)OC1=O.[V]. The first-order chi connectivity index (χ1) is 5.46. The number of hydrogen-bond acceptors (Lipinski definition) is 4. The average Bonchev–Trinajstić information content (AvgIpc) is 1.82. The summed E-state index contributed by atoms with van der Waals surface area (Å²) < 4.78 is 9.73. The van der Waals surface area contributed by atoms with Crippen molar-refractivity contribution < 1.29 is 37.6 Å². The van der Waals surface area contributed by atoms with Crippen LogP contribution in [0, 0.1) is 5.92 Å². The van der Waals surface area contributed by atoms with Crippen LogP contribution in [0.1, 0.15) is 27.2 Å². The van der Waals surface area contributed by atoms with Gasteiger partial charge >= 0.3 is 11.9 Å². The summed E-state index contributed by atoms with van der Waals surface area (Å²) in [4.78, 5) is 22.3. The van der Waals surface area contributed by atoms with Gasteiger partial charge in [0.1, 0.15) is 0 Å². The van der Waals surface area contributed by atoms with Crippen LogP contribution in [0.5, 0.6) is 0 Å². The first-order valence-electron chi connectivity index (χ1n) is 3.92. The number of carbonyl (C=O) groups excluding carboxylic acids is 2. The molecule has 0 atom stereocenters. The van der Waals surface area contributed by atoms with Crippen LogP contribution < -0.4 is 0 Å². The Morgan fingerprint density at radius 2 is 1.62 bits per heavy atom.